The van der Waals surface area contributed by atoms with E-state index in [1.165, 1.54) is 10.5 Å². The maximum Gasteiger partial charge on any atom is 0.253 e. The molecule has 0 N–H and O–H groups in total. The summed E-state index contributed by atoms with van der Waals surface area (Å²) in [5.74, 6) is -0.784. The summed E-state index contributed by atoms with van der Waals surface area (Å²) in [6.45, 7) is 3.69. The highest BCUT2D eigenvalue weighted by molar-refractivity contribution is 6.42. The van der Waals surface area contributed by atoms with Crippen LogP contribution in [0.25, 0.3) is 0 Å². The molecule has 0 radical (unpaired) electrons. The number of amides is 2. The van der Waals surface area contributed by atoms with Gasteiger partial charge in [0.05, 0.1) is 27.7 Å². The van der Waals surface area contributed by atoms with Crippen LogP contribution < -0.4 is 4.90 Å². The number of hydrogen-bond donors (Lipinski definition) is 0. The third kappa shape index (κ3) is 2.54. The monoisotopic (exact) mass is 415 g/mol. The third-order valence-corrected chi connectivity index (χ3v) is 6.73. The summed E-state index contributed by atoms with van der Waals surface area (Å²) in [6.07, 6.45) is 0.986. The highest BCUT2D eigenvalue weighted by Gasteiger charge is 2.62. The second kappa shape index (κ2) is 6.56. The maximum atomic E-state index is 13.5. The predicted molar refractivity (Wildman–Crippen MR) is 108 cm³/mol. The maximum absolute atomic E-state index is 13.5. The highest BCUT2D eigenvalue weighted by atomic mass is 35.5. The van der Waals surface area contributed by atoms with Crippen LogP contribution >= 0.6 is 23.2 Å². The number of halogens is 2. The van der Waals surface area contributed by atoms with Crippen LogP contribution in [0.5, 0.6) is 0 Å². The van der Waals surface area contributed by atoms with Crippen molar-refractivity contribution >= 4 is 40.7 Å². The minimum Gasteiger partial charge on any atom is -0.274 e. The van der Waals surface area contributed by atoms with E-state index in [4.69, 9.17) is 23.2 Å². The molecule has 0 aromatic heterocycles. The first-order valence-corrected chi connectivity index (χ1v) is 10.2. The fourth-order valence-corrected chi connectivity index (χ4v) is 5.05. The lowest BCUT2D eigenvalue weighted by Gasteiger charge is -2.29. The Morgan fingerprint density at radius 2 is 1.54 bits per heavy atom. The Kier molecular flexibility index (Phi) is 4.25. The number of hydrazine groups is 1. The summed E-state index contributed by atoms with van der Waals surface area (Å²) < 4.78 is 0. The van der Waals surface area contributed by atoms with E-state index in [1.807, 2.05) is 6.92 Å². The molecule has 0 saturated carbocycles. The average molecular weight is 416 g/mol. The molecule has 3 atom stereocenters. The van der Waals surface area contributed by atoms with E-state index in [2.05, 4.69) is 34.3 Å². The molecule has 5 nitrogen and oxygen atoms in total. The second-order valence-corrected chi connectivity index (χ2v) is 8.43. The van der Waals surface area contributed by atoms with Crippen molar-refractivity contribution in [2.75, 3.05) is 18.0 Å². The van der Waals surface area contributed by atoms with Crippen molar-refractivity contribution in [2.24, 2.45) is 5.92 Å². The zero-order chi connectivity index (χ0) is 19.6. The zero-order valence-corrected chi connectivity index (χ0v) is 16.8. The summed E-state index contributed by atoms with van der Waals surface area (Å²) in [6, 6.07) is 12.5. The molecule has 3 saturated heterocycles. The van der Waals surface area contributed by atoms with E-state index in [-0.39, 0.29) is 17.9 Å². The van der Waals surface area contributed by atoms with Crippen LogP contribution in [-0.2, 0) is 9.59 Å². The quantitative estimate of drug-likeness (QED) is 0.698. The third-order valence-electron chi connectivity index (χ3n) is 5.99. The number of hydrogen-bond acceptors (Lipinski definition) is 4. The first-order chi connectivity index (χ1) is 13.5. The van der Waals surface area contributed by atoms with Crippen LogP contribution in [0.2, 0.25) is 10.0 Å². The first-order valence-electron chi connectivity index (χ1n) is 9.40. The van der Waals surface area contributed by atoms with E-state index < -0.39 is 12.0 Å². The fourth-order valence-electron chi connectivity index (χ4n) is 4.76. The zero-order valence-electron chi connectivity index (χ0n) is 15.3. The van der Waals surface area contributed by atoms with Crippen LogP contribution in [-0.4, -0.2) is 41.0 Å². The minimum atomic E-state index is -0.462. The highest BCUT2D eigenvalue weighted by Crippen LogP contribution is 2.49. The Balaban J connectivity index is 1.58. The fraction of sp³-hybridized carbons (Fsp3) is 0.333. The summed E-state index contributed by atoms with van der Waals surface area (Å²) >= 11 is 12.1. The van der Waals surface area contributed by atoms with Gasteiger partial charge in [0.15, 0.2) is 0 Å². The van der Waals surface area contributed by atoms with E-state index in [0.717, 1.165) is 25.1 Å². The number of nitrogens with zero attached hydrogens (tertiary/aromatic N) is 3. The molecule has 0 unspecified atom stereocenters. The number of benzene rings is 2. The van der Waals surface area contributed by atoms with Crippen LogP contribution in [0, 0.1) is 12.8 Å². The number of aryl methyl sites for hydroxylation is 1. The van der Waals surface area contributed by atoms with Gasteiger partial charge in [-0.2, -0.15) is 0 Å². The van der Waals surface area contributed by atoms with Gasteiger partial charge in [0, 0.05) is 13.1 Å². The molecule has 0 bridgehead atoms. The Hall–Kier alpha value is -1.92. The van der Waals surface area contributed by atoms with Gasteiger partial charge in [0.25, 0.3) is 5.91 Å². The van der Waals surface area contributed by atoms with Crippen molar-refractivity contribution in [1.82, 2.24) is 10.0 Å². The molecule has 0 spiro atoms. The van der Waals surface area contributed by atoms with Gasteiger partial charge in [-0.15, -0.1) is 0 Å². The summed E-state index contributed by atoms with van der Waals surface area (Å²) in [7, 11) is 0. The molecule has 2 amide bonds. The van der Waals surface area contributed by atoms with Gasteiger partial charge in [0.1, 0.15) is 6.04 Å². The van der Waals surface area contributed by atoms with Gasteiger partial charge in [-0.05, 0) is 37.1 Å². The topological polar surface area (TPSA) is 43.9 Å². The predicted octanol–water partition coefficient (Wildman–Crippen LogP) is 3.84. The molecular formula is C21H19Cl2N3O2. The number of carbonyl (C=O) groups excluding carboxylic acids is 2. The van der Waals surface area contributed by atoms with Crippen molar-refractivity contribution in [1.29, 1.82) is 0 Å². The van der Waals surface area contributed by atoms with E-state index >= 15 is 0 Å². The normalized spacial score (nSPS) is 27.5. The Labute approximate surface area is 173 Å². The van der Waals surface area contributed by atoms with Gasteiger partial charge < -0.3 is 0 Å². The van der Waals surface area contributed by atoms with Gasteiger partial charge in [-0.1, -0.05) is 53.0 Å². The van der Waals surface area contributed by atoms with Crippen LogP contribution in [0.15, 0.2) is 42.5 Å². The molecule has 3 fully saturated rings. The minimum absolute atomic E-state index is 0.127. The first kappa shape index (κ1) is 18.1. The Bertz CT molecular complexity index is 978. The standard InChI is InChI=1S/C21H19Cl2N3O2/c1-12-3-5-13(6-4-12)18-17-19(25-10-2-9-24(18)25)21(28)26(20(17)27)14-7-8-15(22)16(23)11-14/h3-8,11,17-19H,2,9-10H2,1H3/t17-,18-,19-/m1/s1. The second-order valence-electron chi connectivity index (χ2n) is 7.62. The number of fused-ring (bicyclic) bond motifs is 3. The molecule has 3 aliphatic rings. The SMILES string of the molecule is Cc1ccc([C@@H]2[C@H]3C(=O)N(c4ccc(Cl)c(Cl)c4)C(=O)[C@@H]3N3CCCN23)cc1. The smallest absolute Gasteiger partial charge is 0.253 e. The molecule has 3 heterocycles. The van der Waals surface area contributed by atoms with E-state index in [0.29, 0.717) is 15.7 Å². The largest absolute Gasteiger partial charge is 0.274 e. The van der Waals surface area contributed by atoms with E-state index in [1.54, 1.807) is 18.2 Å². The molecular weight excluding hydrogens is 397 g/mol. The molecule has 144 valence electrons. The lowest BCUT2D eigenvalue weighted by atomic mass is 9.89. The molecule has 7 heteroatoms. The van der Waals surface area contributed by atoms with Crippen molar-refractivity contribution in [3.63, 3.8) is 0 Å². The van der Waals surface area contributed by atoms with Crippen LogP contribution in [0.4, 0.5) is 5.69 Å². The van der Waals surface area contributed by atoms with Gasteiger partial charge in [-0.3, -0.25) is 9.59 Å². The van der Waals surface area contributed by atoms with Crippen molar-refractivity contribution in [3.05, 3.63) is 63.6 Å². The number of anilines is 1. The summed E-state index contributed by atoms with van der Waals surface area (Å²) in [5, 5.41) is 5.03. The lowest BCUT2D eigenvalue weighted by Crippen LogP contribution is -2.44. The molecule has 0 aliphatic carbocycles. The van der Waals surface area contributed by atoms with Crippen molar-refractivity contribution < 1.29 is 9.59 Å². The Morgan fingerprint density at radius 1 is 0.857 bits per heavy atom. The van der Waals surface area contributed by atoms with E-state index in [9.17, 15) is 9.59 Å². The molecule has 2 aromatic rings. The van der Waals surface area contributed by atoms with Crippen molar-refractivity contribution in [3.8, 4) is 0 Å². The summed E-state index contributed by atoms with van der Waals surface area (Å²) in [5.41, 5.74) is 2.72. The Morgan fingerprint density at radius 3 is 2.21 bits per heavy atom. The van der Waals surface area contributed by atoms with Crippen LogP contribution in [0.3, 0.4) is 0 Å². The molecule has 28 heavy (non-hydrogen) atoms. The van der Waals surface area contributed by atoms with Crippen LogP contribution in [0.1, 0.15) is 23.6 Å². The summed E-state index contributed by atoms with van der Waals surface area (Å²) in [4.78, 5) is 28.1. The molecule has 5 rings (SSSR count). The number of carbonyl (C=O) groups is 2. The van der Waals surface area contributed by atoms with Gasteiger partial charge >= 0.3 is 0 Å². The average Bonchev–Trinajstić information content (AvgIpc) is 3.31. The molecule has 3 aliphatic heterocycles. The molecule has 2 aromatic carbocycles. The van der Waals surface area contributed by atoms with Crippen molar-refractivity contribution in [2.45, 2.75) is 25.4 Å². The lowest BCUT2D eigenvalue weighted by molar-refractivity contribution is -0.126. The van der Waals surface area contributed by atoms with Gasteiger partial charge in [-0.25, -0.2) is 14.9 Å². The van der Waals surface area contributed by atoms with Gasteiger partial charge in [0.2, 0.25) is 5.91 Å². The number of imide groups is 1. The number of rotatable bonds is 2.